The molecule has 0 saturated heterocycles. The first kappa shape index (κ1) is 14.8. The smallest absolute Gasteiger partial charge is 0.252 e. The van der Waals surface area contributed by atoms with Crippen molar-refractivity contribution >= 4 is 18.1 Å². The summed E-state index contributed by atoms with van der Waals surface area (Å²) in [6, 6.07) is 29.3. The Morgan fingerprint density at radius 3 is 1.59 bits per heavy atom. The fourth-order valence-corrected chi connectivity index (χ4v) is 5.12. The first-order valence-electron chi connectivity index (χ1n) is 7.43. The third kappa shape index (κ3) is 2.91. The number of hydrogen-bond acceptors (Lipinski definition) is 1. The van der Waals surface area contributed by atoms with Crippen LogP contribution in [0.1, 0.15) is 5.56 Å². The van der Waals surface area contributed by atoms with E-state index in [9.17, 15) is 0 Å². The molecule has 1 nitrogen and oxygen atoms in total. The summed E-state index contributed by atoms with van der Waals surface area (Å²) in [7, 11) is -1.92. The molecule has 0 spiro atoms. The first-order valence-corrected chi connectivity index (χ1v) is 9.58. The van der Waals surface area contributed by atoms with Crippen LogP contribution in [0.3, 0.4) is 0 Å². The zero-order valence-electron chi connectivity index (χ0n) is 12.9. The molecule has 22 heavy (non-hydrogen) atoms. The van der Waals surface area contributed by atoms with E-state index < -0.39 is 7.49 Å². The maximum absolute atomic E-state index is 6.62. The van der Waals surface area contributed by atoms with Gasteiger partial charge >= 0.3 is 0 Å². The van der Waals surface area contributed by atoms with Gasteiger partial charge in [0, 0.05) is 0 Å². The van der Waals surface area contributed by atoms with Crippen LogP contribution in [0.25, 0.3) is 0 Å². The summed E-state index contributed by atoms with van der Waals surface area (Å²) in [4.78, 5) is 0. The molecule has 0 bridgehead atoms. The van der Waals surface area contributed by atoms with Crippen LogP contribution >= 0.6 is 7.49 Å². The lowest BCUT2D eigenvalue weighted by Crippen LogP contribution is -2.25. The van der Waals surface area contributed by atoms with Crippen molar-refractivity contribution in [2.45, 2.75) is 6.92 Å². The van der Waals surface area contributed by atoms with Crippen molar-refractivity contribution < 1.29 is 4.52 Å². The van der Waals surface area contributed by atoms with E-state index >= 15 is 0 Å². The Morgan fingerprint density at radius 1 is 0.636 bits per heavy atom. The second kappa shape index (κ2) is 6.34. The SMILES string of the molecule is Cc1ccccc1O[P+](C)(c1ccccc1)c1ccccc1. The summed E-state index contributed by atoms with van der Waals surface area (Å²) >= 11 is 0. The van der Waals surface area contributed by atoms with Crippen molar-refractivity contribution in [3.8, 4) is 5.75 Å². The Morgan fingerprint density at radius 2 is 1.09 bits per heavy atom. The number of para-hydroxylation sites is 1. The largest absolute Gasteiger partial charge is 0.340 e. The molecule has 0 amide bonds. The molecule has 0 heterocycles. The predicted octanol–water partition coefficient (Wildman–Crippen LogP) is 4.59. The van der Waals surface area contributed by atoms with E-state index in [1.165, 1.54) is 16.2 Å². The van der Waals surface area contributed by atoms with Crippen molar-refractivity contribution in [2.75, 3.05) is 6.66 Å². The van der Waals surface area contributed by atoms with Crippen LogP contribution in [-0.2, 0) is 0 Å². The van der Waals surface area contributed by atoms with E-state index in [-0.39, 0.29) is 0 Å². The summed E-state index contributed by atoms with van der Waals surface area (Å²) in [6.45, 7) is 4.33. The topological polar surface area (TPSA) is 9.23 Å². The third-order valence-electron chi connectivity index (χ3n) is 3.87. The van der Waals surface area contributed by atoms with E-state index in [1.54, 1.807) is 0 Å². The Labute approximate surface area is 133 Å². The Balaban J connectivity index is 2.10. The van der Waals surface area contributed by atoms with Crippen molar-refractivity contribution in [3.05, 3.63) is 90.5 Å². The van der Waals surface area contributed by atoms with Gasteiger partial charge in [-0.25, -0.2) is 0 Å². The molecule has 0 aliphatic heterocycles. The molecule has 0 aromatic heterocycles. The van der Waals surface area contributed by atoms with Crippen LogP contribution in [0.5, 0.6) is 5.75 Å². The number of rotatable bonds is 4. The molecule has 3 rings (SSSR count). The maximum Gasteiger partial charge on any atom is 0.252 e. The highest BCUT2D eigenvalue weighted by Crippen LogP contribution is 2.53. The van der Waals surface area contributed by atoms with E-state index in [1.807, 2.05) is 24.3 Å². The standard InChI is InChI=1S/C20H20OP/c1-17-11-9-10-16-20(17)21-22(2,18-12-5-3-6-13-18)19-14-7-4-8-15-19/h3-16H,1-2H3/q+1. The third-order valence-corrected chi connectivity index (χ3v) is 7.00. The van der Waals surface area contributed by atoms with Gasteiger partial charge in [-0.1, -0.05) is 54.6 Å². The van der Waals surface area contributed by atoms with Crippen molar-refractivity contribution in [1.82, 2.24) is 0 Å². The van der Waals surface area contributed by atoms with Gasteiger partial charge in [0.25, 0.3) is 7.49 Å². The molecule has 0 radical (unpaired) electrons. The van der Waals surface area contributed by atoms with E-state index in [0.29, 0.717) is 0 Å². The van der Waals surface area contributed by atoms with Gasteiger partial charge in [-0.05, 0) is 42.8 Å². The predicted molar refractivity (Wildman–Crippen MR) is 96.8 cm³/mol. The fraction of sp³-hybridized carbons (Fsp3) is 0.100. The second-order valence-corrected chi connectivity index (χ2v) is 8.52. The average molecular weight is 307 g/mol. The fourth-order valence-electron chi connectivity index (χ4n) is 2.53. The lowest BCUT2D eigenvalue weighted by atomic mass is 10.2. The van der Waals surface area contributed by atoms with Gasteiger partial charge in [0.05, 0.1) is 6.66 Å². The summed E-state index contributed by atoms with van der Waals surface area (Å²) in [6.07, 6.45) is 0. The van der Waals surface area contributed by atoms with Crippen LogP contribution < -0.4 is 15.1 Å². The van der Waals surface area contributed by atoms with E-state index in [0.717, 1.165) is 5.75 Å². The van der Waals surface area contributed by atoms with Gasteiger partial charge in [-0.3, -0.25) is 0 Å². The average Bonchev–Trinajstić information content (AvgIpc) is 2.58. The highest BCUT2D eigenvalue weighted by molar-refractivity contribution is 7.85. The minimum Gasteiger partial charge on any atom is -0.340 e. The molecule has 0 N–H and O–H groups in total. The summed E-state index contributed by atoms with van der Waals surface area (Å²) < 4.78 is 6.62. The van der Waals surface area contributed by atoms with Crippen LogP contribution in [0.2, 0.25) is 0 Å². The van der Waals surface area contributed by atoms with Gasteiger partial charge in [0.2, 0.25) is 0 Å². The number of benzene rings is 3. The molecule has 0 saturated carbocycles. The maximum atomic E-state index is 6.62. The Bertz CT molecular complexity index is 698. The molecule has 2 heteroatoms. The second-order valence-electron chi connectivity index (χ2n) is 5.45. The molecule has 0 atom stereocenters. The quantitative estimate of drug-likeness (QED) is 0.641. The summed E-state index contributed by atoms with van der Waals surface area (Å²) in [5, 5.41) is 2.51. The molecule has 0 fully saturated rings. The lowest BCUT2D eigenvalue weighted by molar-refractivity contribution is 0.611. The molecule has 0 aliphatic rings. The highest BCUT2D eigenvalue weighted by Gasteiger charge is 2.41. The minimum absolute atomic E-state index is 0.964. The summed E-state index contributed by atoms with van der Waals surface area (Å²) in [5.74, 6) is 0.964. The summed E-state index contributed by atoms with van der Waals surface area (Å²) in [5.41, 5.74) is 1.17. The molecule has 3 aromatic carbocycles. The minimum atomic E-state index is -1.92. The van der Waals surface area contributed by atoms with Crippen molar-refractivity contribution in [2.24, 2.45) is 0 Å². The van der Waals surface area contributed by atoms with Crippen LogP contribution in [0.15, 0.2) is 84.9 Å². The Hall–Kier alpha value is -2.11. The Kier molecular flexibility index (Phi) is 4.27. The molecule has 0 unspecified atom stereocenters. The van der Waals surface area contributed by atoms with Crippen LogP contribution in [-0.4, -0.2) is 6.66 Å². The molecule has 0 aliphatic carbocycles. The number of hydrogen-bond donors (Lipinski definition) is 0. The molecule has 3 aromatic rings. The van der Waals surface area contributed by atoms with Gasteiger partial charge in [0.15, 0.2) is 5.75 Å². The molecular weight excluding hydrogens is 287 g/mol. The van der Waals surface area contributed by atoms with Gasteiger partial charge in [-0.15, -0.1) is 0 Å². The van der Waals surface area contributed by atoms with E-state index in [4.69, 9.17) is 4.52 Å². The van der Waals surface area contributed by atoms with E-state index in [2.05, 4.69) is 74.3 Å². The van der Waals surface area contributed by atoms with Gasteiger partial charge in [-0.2, -0.15) is 0 Å². The number of aryl methyl sites for hydroxylation is 1. The van der Waals surface area contributed by atoms with Crippen LogP contribution in [0, 0.1) is 6.92 Å². The van der Waals surface area contributed by atoms with Crippen molar-refractivity contribution in [3.63, 3.8) is 0 Å². The van der Waals surface area contributed by atoms with Gasteiger partial charge < -0.3 is 4.52 Å². The molecular formula is C20H20OP+. The van der Waals surface area contributed by atoms with Crippen LogP contribution in [0.4, 0.5) is 0 Å². The lowest BCUT2D eigenvalue weighted by Gasteiger charge is -2.23. The normalized spacial score (nSPS) is 11.2. The highest BCUT2D eigenvalue weighted by atomic mass is 31.2. The zero-order chi connectivity index (χ0) is 15.4. The molecule has 110 valence electrons. The monoisotopic (exact) mass is 307 g/mol. The van der Waals surface area contributed by atoms with Crippen molar-refractivity contribution in [1.29, 1.82) is 0 Å². The zero-order valence-corrected chi connectivity index (χ0v) is 13.8. The van der Waals surface area contributed by atoms with Gasteiger partial charge in [0.1, 0.15) is 10.6 Å². The first-order chi connectivity index (χ1) is 10.7.